The number of rotatable bonds is 5. The average Bonchev–Trinajstić information content (AvgIpc) is 2.93. The molecule has 0 bridgehead atoms. The fraction of sp³-hybridized carbons (Fsp3) is 0.250. The standard InChI is InChI=1S/C20H20BrNO2/c1-14(10-20(23)24-2)18-13-22(12-15-6-4-3-5-7-15)19-9-8-16(21)11-17(18)19/h3-9,11,13-14H,10,12H2,1-2H3/t14-/m0/s1. The summed E-state index contributed by atoms with van der Waals surface area (Å²) in [7, 11) is 1.43. The van der Waals surface area contributed by atoms with Gasteiger partial charge in [-0.05, 0) is 35.2 Å². The van der Waals surface area contributed by atoms with Crippen LogP contribution in [0.3, 0.4) is 0 Å². The van der Waals surface area contributed by atoms with Crippen molar-refractivity contribution in [3.8, 4) is 0 Å². The lowest BCUT2D eigenvalue weighted by Crippen LogP contribution is -2.05. The van der Waals surface area contributed by atoms with E-state index in [0.29, 0.717) is 6.42 Å². The Bertz CT molecular complexity index is 855. The molecule has 0 N–H and O–H groups in total. The van der Waals surface area contributed by atoms with Crippen LogP contribution in [-0.2, 0) is 16.1 Å². The molecule has 4 heteroatoms. The van der Waals surface area contributed by atoms with Crippen molar-refractivity contribution in [2.45, 2.75) is 25.8 Å². The summed E-state index contributed by atoms with van der Waals surface area (Å²) >= 11 is 3.56. The topological polar surface area (TPSA) is 31.2 Å². The minimum absolute atomic E-state index is 0.103. The number of ether oxygens (including phenoxy) is 1. The lowest BCUT2D eigenvalue weighted by molar-refractivity contribution is -0.140. The number of hydrogen-bond donors (Lipinski definition) is 0. The number of hydrogen-bond acceptors (Lipinski definition) is 2. The zero-order valence-corrected chi connectivity index (χ0v) is 15.4. The summed E-state index contributed by atoms with van der Waals surface area (Å²) < 4.78 is 8.12. The van der Waals surface area contributed by atoms with Gasteiger partial charge in [-0.25, -0.2) is 0 Å². The van der Waals surface area contributed by atoms with Gasteiger partial charge < -0.3 is 9.30 Å². The Balaban J connectivity index is 2.02. The SMILES string of the molecule is COC(=O)C[C@H](C)c1cn(Cc2ccccc2)c2ccc(Br)cc12. The molecule has 3 nitrogen and oxygen atoms in total. The lowest BCUT2D eigenvalue weighted by Gasteiger charge is -2.09. The highest BCUT2D eigenvalue weighted by molar-refractivity contribution is 9.10. The third-order valence-corrected chi connectivity index (χ3v) is 4.79. The van der Waals surface area contributed by atoms with Crippen LogP contribution in [0.15, 0.2) is 59.2 Å². The maximum Gasteiger partial charge on any atom is 0.306 e. The van der Waals surface area contributed by atoms with Crippen molar-refractivity contribution in [3.63, 3.8) is 0 Å². The Morgan fingerprint density at radius 2 is 1.96 bits per heavy atom. The Morgan fingerprint density at radius 1 is 1.21 bits per heavy atom. The predicted molar refractivity (Wildman–Crippen MR) is 100 cm³/mol. The number of carbonyl (C=O) groups excluding carboxylic acids is 1. The van der Waals surface area contributed by atoms with Crippen LogP contribution in [0.25, 0.3) is 10.9 Å². The summed E-state index contributed by atoms with van der Waals surface area (Å²) in [4.78, 5) is 11.7. The number of methoxy groups -OCH3 is 1. The van der Waals surface area contributed by atoms with Gasteiger partial charge in [0.25, 0.3) is 0 Å². The van der Waals surface area contributed by atoms with E-state index in [0.717, 1.165) is 11.0 Å². The van der Waals surface area contributed by atoms with E-state index >= 15 is 0 Å². The molecular formula is C20H20BrNO2. The van der Waals surface area contributed by atoms with Gasteiger partial charge in [0.15, 0.2) is 0 Å². The van der Waals surface area contributed by atoms with Gasteiger partial charge in [0.1, 0.15) is 0 Å². The average molecular weight is 386 g/mol. The summed E-state index contributed by atoms with van der Waals surface area (Å²) in [6, 6.07) is 16.7. The molecule has 0 aliphatic heterocycles. The number of benzene rings is 2. The van der Waals surface area contributed by atoms with Crippen LogP contribution in [0.5, 0.6) is 0 Å². The first-order valence-electron chi connectivity index (χ1n) is 7.97. The Kier molecular flexibility index (Phi) is 5.05. The first-order valence-corrected chi connectivity index (χ1v) is 8.77. The van der Waals surface area contributed by atoms with Crippen LogP contribution in [-0.4, -0.2) is 17.6 Å². The zero-order chi connectivity index (χ0) is 17.1. The van der Waals surface area contributed by atoms with Crippen molar-refractivity contribution in [1.29, 1.82) is 0 Å². The zero-order valence-electron chi connectivity index (χ0n) is 13.8. The molecule has 124 valence electrons. The van der Waals surface area contributed by atoms with Crippen molar-refractivity contribution >= 4 is 32.8 Å². The summed E-state index contributed by atoms with van der Waals surface area (Å²) in [6.07, 6.45) is 2.55. The molecule has 0 saturated carbocycles. The molecule has 1 aromatic heterocycles. The van der Waals surface area contributed by atoms with Gasteiger partial charge in [0, 0.05) is 28.1 Å². The third-order valence-electron chi connectivity index (χ3n) is 4.30. The highest BCUT2D eigenvalue weighted by Crippen LogP contribution is 2.32. The number of fused-ring (bicyclic) bond motifs is 1. The van der Waals surface area contributed by atoms with Crippen LogP contribution in [0.1, 0.15) is 30.4 Å². The lowest BCUT2D eigenvalue weighted by atomic mass is 9.97. The van der Waals surface area contributed by atoms with Crippen LogP contribution >= 0.6 is 15.9 Å². The van der Waals surface area contributed by atoms with Gasteiger partial charge in [-0.2, -0.15) is 0 Å². The monoisotopic (exact) mass is 385 g/mol. The highest BCUT2D eigenvalue weighted by atomic mass is 79.9. The summed E-state index contributed by atoms with van der Waals surface area (Å²) in [6.45, 7) is 2.88. The van der Waals surface area contributed by atoms with Crippen molar-refractivity contribution in [1.82, 2.24) is 4.57 Å². The maximum atomic E-state index is 11.7. The van der Waals surface area contributed by atoms with E-state index in [1.807, 2.05) is 6.07 Å². The van der Waals surface area contributed by atoms with E-state index in [4.69, 9.17) is 4.74 Å². The molecule has 0 saturated heterocycles. The quantitative estimate of drug-likeness (QED) is 0.570. The van der Waals surface area contributed by atoms with Crippen molar-refractivity contribution < 1.29 is 9.53 Å². The molecule has 0 aliphatic carbocycles. The predicted octanol–water partition coefficient (Wildman–Crippen LogP) is 5.12. The smallest absolute Gasteiger partial charge is 0.306 e. The molecule has 0 spiro atoms. The van der Waals surface area contributed by atoms with Crippen LogP contribution in [0.2, 0.25) is 0 Å². The number of aromatic nitrogens is 1. The van der Waals surface area contributed by atoms with Gasteiger partial charge in [-0.15, -0.1) is 0 Å². The van der Waals surface area contributed by atoms with Crippen LogP contribution in [0, 0.1) is 0 Å². The Morgan fingerprint density at radius 3 is 2.67 bits per heavy atom. The molecule has 0 aliphatic rings. The van der Waals surface area contributed by atoms with E-state index in [1.165, 1.54) is 29.1 Å². The van der Waals surface area contributed by atoms with Crippen LogP contribution in [0.4, 0.5) is 0 Å². The molecule has 0 unspecified atom stereocenters. The van der Waals surface area contributed by atoms with E-state index in [9.17, 15) is 4.79 Å². The molecule has 0 radical (unpaired) electrons. The second kappa shape index (κ2) is 7.22. The van der Waals surface area contributed by atoms with Crippen molar-refractivity contribution in [3.05, 3.63) is 70.3 Å². The fourth-order valence-corrected chi connectivity index (χ4v) is 3.40. The number of halogens is 1. The van der Waals surface area contributed by atoms with Gasteiger partial charge in [0.05, 0.1) is 13.5 Å². The molecule has 0 fully saturated rings. The van der Waals surface area contributed by atoms with Gasteiger partial charge in [0.2, 0.25) is 0 Å². The Labute approximate surface area is 150 Å². The molecule has 24 heavy (non-hydrogen) atoms. The highest BCUT2D eigenvalue weighted by Gasteiger charge is 2.18. The van der Waals surface area contributed by atoms with E-state index in [1.54, 1.807) is 0 Å². The summed E-state index contributed by atoms with van der Waals surface area (Å²) in [5, 5.41) is 1.18. The van der Waals surface area contributed by atoms with E-state index in [2.05, 4.69) is 76.1 Å². The largest absolute Gasteiger partial charge is 0.469 e. The van der Waals surface area contributed by atoms with E-state index < -0.39 is 0 Å². The summed E-state index contributed by atoms with van der Waals surface area (Å²) in [5.74, 6) is -0.0762. The second-order valence-corrected chi connectivity index (χ2v) is 6.96. The normalized spacial score (nSPS) is 12.3. The van der Waals surface area contributed by atoms with Crippen LogP contribution < -0.4 is 0 Å². The first-order chi connectivity index (χ1) is 11.6. The summed E-state index contributed by atoms with van der Waals surface area (Å²) in [5.41, 5.74) is 3.60. The number of carbonyl (C=O) groups is 1. The fourth-order valence-electron chi connectivity index (χ4n) is 3.04. The van der Waals surface area contributed by atoms with Gasteiger partial charge in [-0.1, -0.05) is 53.2 Å². The minimum atomic E-state index is -0.179. The molecule has 3 aromatic rings. The van der Waals surface area contributed by atoms with Crippen molar-refractivity contribution in [2.75, 3.05) is 7.11 Å². The molecule has 3 rings (SSSR count). The molecular weight excluding hydrogens is 366 g/mol. The molecule has 1 atom stereocenters. The third kappa shape index (κ3) is 3.54. The number of nitrogens with zero attached hydrogens (tertiary/aromatic N) is 1. The molecule has 1 heterocycles. The molecule has 2 aromatic carbocycles. The maximum absolute atomic E-state index is 11.7. The van der Waals surface area contributed by atoms with Gasteiger partial charge in [-0.3, -0.25) is 4.79 Å². The first kappa shape index (κ1) is 16.8. The van der Waals surface area contributed by atoms with Gasteiger partial charge >= 0.3 is 5.97 Å². The van der Waals surface area contributed by atoms with Crippen molar-refractivity contribution in [2.24, 2.45) is 0 Å². The minimum Gasteiger partial charge on any atom is -0.469 e. The Hall–Kier alpha value is -2.07. The van der Waals surface area contributed by atoms with E-state index in [-0.39, 0.29) is 11.9 Å². The number of esters is 1. The molecule has 0 amide bonds. The second-order valence-electron chi connectivity index (χ2n) is 6.04.